The van der Waals surface area contributed by atoms with Crippen LogP contribution in [0.1, 0.15) is 29.1 Å². The lowest BCUT2D eigenvalue weighted by molar-refractivity contribution is 0.622. The van der Waals surface area contributed by atoms with Crippen LogP contribution in [0.4, 0.5) is 5.82 Å². The third kappa shape index (κ3) is 2.01. The fourth-order valence-corrected chi connectivity index (χ4v) is 4.91. The summed E-state index contributed by atoms with van der Waals surface area (Å²) in [7, 11) is 0. The van der Waals surface area contributed by atoms with Gasteiger partial charge in [0.1, 0.15) is 0 Å². The Hall–Kier alpha value is -1.37. The molecule has 1 aliphatic rings. The molecule has 3 aromatic heterocycles. The van der Waals surface area contributed by atoms with Crippen molar-refractivity contribution < 1.29 is 0 Å². The van der Waals surface area contributed by atoms with Gasteiger partial charge in [-0.3, -0.25) is 4.40 Å². The highest BCUT2D eigenvalue weighted by Crippen LogP contribution is 2.37. The average Bonchev–Trinajstić information content (AvgIpc) is 3.16. The van der Waals surface area contributed by atoms with Crippen molar-refractivity contribution in [2.24, 2.45) is 5.73 Å². The van der Waals surface area contributed by atoms with E-state index in [-0.39, 0.29) is 0 Å². The topological polar surface area (TPSA) is 46.6 Å². The number of rotatable bonds is 3. The molecular formula is C15H18N4S2. The number of nitrogens with zero attached hydrogens (tertiary/aromatic N) is 3. The van der Waals surface area contributed by atoms with Crippen LogP contribution in [0.5, 0.6) is 0 Å². The molecule has 0 spiro atoms. The Morgan fingerprint density at radius 2 is 2.29 bits per heavy atom. The van der Waals surface area contributed by atoms with Crippen LogP contribution in [0.15, 0.2) is 23.0 Å². The molecule has 110 valence electrons. The van der Waals surface area contributed by atoms with Gasteiger partial charge in [-0.25, -0.2) is 4.98 Å². The first-order valence-corrected chi connectivity index (χ1v) is 9.03. The highest BCUT2D eigenvalue weighted by atomic mass is 32.1. The molecule has 2 N–H and O–H groups in total. The van der Waals surface area contributed by atoms with Gasteiger partial charge in [0.25, 0.3) is 0 Å². The zero-order valence-electron chi connectivity index (χ0n) is 12.0. The number of fused-ring (bicyclic) bond motifs is 2. The number of anilines is 1. The summed E-state index contributed by atoms with van der Waals surface area (Å²) in [6.07, 6.45) is 4.09. The van der Waals surface area contributed by atoms with Gasteiger partial charge in [-0.1, -0.05) is 0 Å². The van der Waals surface area contributed by atoms with Crippen molar-refractivity contribution in [3.8, 4) is 0 Å². The lowest BCUT2D eigenvalue weighted by Crippen LogP contribution is -2.34. The second kappa shape index (κ2) is 5.12. The van der Waals surface area contributed by atoms with Crippen LogP contribution in [0, 0.1) is 0 Å². The molecule has 4 nitrogen and oxygen atoms in total. The fourth-order valence-electron chi connectivity index (χ4n) is 3.22. The Morgan fingerprint density at radius 3 is 3.14 bits per heavy atom. The molecular weight excluding hydrogens is 300 g/mol. The highest BCUT2D eigenvalue weighted by Gasteiger charge is 2.28. The van der Waals surface area contributed by atoms with Gasteiger partial charge in [-0.05, 0) is 36.9 Å². The molecule has 1 aliphatic heterocycles. The van der Waals surface area contributed by atoms with Gasteiger partial charge in [0, 0.05) is 29.4 Å². The SMILES string of the molecule is CC1c2ccsc2CCN1c1nc2sccn2c1CCN. The standard InChI is InChI=1S/C15H18N4S2/c1-10-11-4-8-20-13(11)3-6-18(10)14-12(2-5-16)19-7-9-21-15(19)17-14/h4,7-10H,2-3,5-6,16H2,1H3. The molecule has 0 aromatic carbocycles. The van der Waals surface area contributed by atoms with Crippen molar-refractivity contribution in [1.82, 2.24) is 9.38 Å². The Balaban J connectivity index is 1.80. The Kier molecular flexibility index (Phi) is 3.24. The molecule has 1 atom stereocenters. The van der Waals surface area contributed by atoms with E-state index >= 15 is 0 Å². The van der Waals surface area contributed by atoms with Crippen LogP contribution >= 0.6 is 22.7 Å². The summed E-state index contributed by atoms with van der Waals surface area (Å²) in [5.41, 5.74) is 8.53. The fraction of sp³-hybridized carbons (Fsp3) is 0.400. The van der Waals surface area contributed by atoms with E-state index in [0.29, 0.717) is 12.6 Å². The molecule has 0 amide bonds. The Labute approximate surface area is 131 Å². The van der Waals surface area contributed by atoms with E-state index in [1.165, 1.54) is 16.1 Å². The number of nitrogens with two attached hydrogens (primary N) is 1. The summed E-state index contributed by atoms with van der Waals surface area (Å²) in [6.45, 7) is 3.98. The van der Waals surface area contributed by atoms with Crippen LogP contribution < -0.4 is 10.6 Å². The molecule has 1 unspecified atom stereocenters. The average molecular weight is 318 g/mol. The van der Waals surface area contributed by atoms with E-state index in [4.69, 9.17) is 10.7 Å². The lowest BCUT2D eigenvalue weighted by atomic mass is 10.0. The second-order valence-corrected chi connectivity index (χ2v) is 7.27. The molecule has 4 rings (SSSR count). The maximum atomic E-state index is 5.82. The second-order valence-electron chi connectivity index (χ2n) is 5.39. The van der Waals surface area contributed by atoms with Gasteiger partial charge in [-0.2, -0.15) is 0 Å². The number of hydrogen-bond acceptors (Lipinski definition) is 5. The quantitative estimate of drug-likeness (QED) is 0.807. The maximum Gasteiger partial charge on any atom is 0.195 e. The smallest absolute Gasteiger partial charge is 0.195 e. The van der Waals surface area contributed by atoms with E-state index in [1.54, 1.807) is 11.3 Å². The first kappa shape index (κ1) is 13.3. The van der Waals surface area contributed by atoms with Crippen LogP contribution in [-0.4, -0.2) is 22.5 Å². The van der Waals surface area contributed by atoms with Crippen LogP contribution in [-0.2, 0) is 12.8 Å². The molecule has 0 bridgehead atoms. The van der Waals surface area contributed by atoms with Gasteiger partial charge in [0.05, 0.1) is 11.7 Å². The number of aromatic nitrogens is 2. The van der Waals surface area contributed by atoms with Crippen molar-refractivity contribution >= 4 is 33.5 Å². The molecule has 4 heterocycles. The molecule has 0 aliphatic carbocycles. The van der Waals surface area contributed by atoms with E-state index in [1.807, 2.05) is 11.3 Å². The van der Waals surface area contributed by atoms with Crippen molar-refractivity contribution in [3.05, 3.63) is 39.2 Å². The third-order valence-corrected chi connectivity index (χ3v) is 6.02. The number of hydrogen-bond donors (Lipinski definition) is 1. The van der Waals surface area contributed by atoms with Crippen molar-refractivity contribution in [2.75, 3.05) is 18.0 Å². The normalized spacial score (nSPS) is 18.4. The summed E-state index contributed by atoms with van der Waals surface area (Å²) in [5.74, 6) is 1.12. The lowest BCUT2D eigenvalue weighted by Gasteiger charge is -2.34. The summed E-state index contributed by atoms with van der Waals surface area (Å²) in [4.78, 5) is 9.92. The first-order valence-electron chi connectivity index (χ1n) is 7.27. The molecule has 0 radical (unpaired) electrons. The van der Waals surface area contributed by atoms with E-state index in [9.17, 15) is 0 Å². The predicted molar refractivity (Wildman–Crippen MR) is 89.6 cm³/mol. The van der Waals surface area contributed by atoms with Crippen LogP contribution in [0.3, 0.4) is 0 Å². The molecule has 0 fully saturated rings. The monoisotopic (exact) mass is 318 g/mol. The van der Waals surface area contributed by atoms with E-state index in [0.717, 1.165) is 30.2 Å². The summed E-state index contributed by atoms with van der Waals surface area (Å²) in [6, 6.07) is 2.65. The van der Waals surface area contributed by atoms with Crippen molar-refractivity contribution in [2.45, 2.75) is 25.8 Å². The van der Waals surface area contributed by atoms with Crippen molar-refractivity contribution in [3.63, 3.8) is 0 Å². The Morgan fingerprint density at radius 1 is 1.38 bits per heavy atom. The highest BCUT2D eigenvalue weighted by molar-refractivity contribution is 7.15. The molecule has 0 saturated heterocycles. The van der Waals surface area contributed by atoms with Gasteiger partial charge < -0.3 is 10.6 Å². The van der Waals surface area contributed by atoms with Crippen molar-refractivity contribution in [1.29, 1.82) is 0 Å². The van der Waals surface area contributed by atoms with Gasteiger partial charge in [0.15, 0.2) is 10.8 Å². The molecule has 6 heteroatoms. The van der Waals surface area contributed by atoms with Gasteiger partial charge in [0.2, 0.25) is 0 Å². The first-order chi connectivity index (χ1) is 10.3. The maximum absolute atomic E-state index is 5.82. The van der Waals surface area contributed by atoms with Gasteiger partial charge >= 0.3 is 0 Å². The third-order valence-electron chi connectivity index (χ3n) is 4.27. The zero-order valence-corrected chi connectivity index (χ0v) is 13.6. The predicted octanol–water partition coefficient (Wildman–Crippen LogP) is 3.08. The number of thiazole rings is 1. The minimum atomic E-state index is 0.390. The summed E-state index contributed by atoms with van der Waals surface area (Å²) in [5, 5.41) is 4.29. The van der Waals surface area contributed by atoms with Crippen LogP contribution in [0.2, 0.25) is 0 Å². The minimum absolute atomic E-state index is 0.390. The Bertz CT molecular complexity index is 770. The van der Waals surface area contributed by atoms with E-state index < -0.39 is 0 Å². The number of thiophene rings is 1. The molecule has 3 aromatic rings. The van der Waals surface area contributed by atoms with Crippen LogP contribution in [0.25, 0.3) is 4.96 Å². The largest absolute Gasteiger partial charge is 0.348 e. The summed E-state index contributed by atoms with van der Waals surface area (Å²) >= 11 is 3.56. The zero-order chi connectivity index (χ0) is 14.4. The summed E-state index contributed by atoms with van der Waals surface area (Å²) < 4.78 is 2.20. The molecule has 0 saturated carbocycles. The molecule has 21 heavy (non-hydrogen) atoms. The van der Waals surface area contributed by atoms with Gasteiger partial charge in [-0.15, -0.1) is 22.7 Å². The minimum Gasteiger partial charge on any atom is -0.348 e. The number of imidazole rings is 1. The van der Waals surface area contributed by atoms with E-state index in [2.05, 4.69) is 39.2 Å².